The lowest BCUT2D eigenvalue weighted by atomic mass is 10.2. The quantitative estimate of drug-likeness (QED) is 0.208. The number of ether oxygens (including phenoxy) is 1. The lowest BCUT2D eigenvalue weighted by Gasteiger charge is -2.21. The van der Waals surface area contributed by atoms with Crippen LogP contribution in [0.4, 0.5) is 17.3 Å². The van der Waals surface area contributed by atoms with E-state index >= 15 is 0 Å². The summed E-state index contributed by atoms with van der Waals surface area (Å²) in [7, 11) is 3.37. The highest BCUT2D eigenvalue weighted by Crippen LogP contribution is 2.06. The van der Waals surface area contributed by atoms with Crippen molar-refractivity contribution in [2.75, 3.05) is 61.5 Å². The number of aromatic nitrogens is 3. The molecule has 0 atom stereocenters. The van der Waals surface area contributed by atoms with E-state index in [9.17, 15) is 22.1 Å². The van der Waals surface area contributed by atoms with Crippen LogP contribution < -0.4 is 10.4 Å². The van der Waals surface area contributed by atoms with E-state index in [2.05, 4.69) is 22.3 Å². The lowest BCUT2D eigenvalue weighted by Crippen LogP contribution is -2.43. The number of likely N-dealkylation sites (N-methyl/N-ethyl adjacent to an activating group) is 1. The first-order valence-corrected chi connectivity index (χ1v) is 9.28. The van der Waals surface area contributed by atoms with E-state index in [0.29, 0.717) is 16.9 Å². The van der Waals surface area contributed by atoms with Crippen LogP contribution in [0, 0.1) is 0 Å². The highest BCUT2D eigenvalue weighted by molar-refractivity contribution is 6.50. The van der Waals surface area contributed by atoms with Gasteiger partial charge in [0, 0.05) is 13.1 Å². The molecule has 0 unspecified atom stereocenters. The minimum absolute atomic E-state index is 0.341. The van der Waals surface area contributed by atoms with E-state index in [1.165, 1.54) is 0 Å². The third-order valence-electron chi connectivity index (χ3n) is 3.71. The van der Waals surface area contributed by atoms with Gasteiger partial charge in [-0.1, -0.05) is 12.1 Å². The molecule has 0 spiro atoms. The average Bonchev–Trinajstić information content (AvgIpc) is 2.67. The van der Waals surface area contributed by atoms with E-state index in [-0.39, 0.29) is 5.56 Å². The molecule has 0 saturated carbocycles. The zero-order valence-electron chi connectivity index (χ0n) is 18.1. The van der Waals surface area contributed by atoms with Crippen molar-refractivity contribution in [1.82, 2.24) is 25.0 Å². The van der Waals surface area contributed by atoms with Crippen LogP contribution in [0.5, 0.6) is 0 Å². The van der Waals surface area contributed by atoms with Crippen molar-refractivity contribution in [2.24, 2.45) is 0 Å². The summed E-state index contributed by atoms with van der Waals surface area (Å²) in [6.45, 7) is 4.02. The Morgan fingerprint density at radius 3 is 2.16 bits per heavy atom. The molecule has 3 rings (SSSR count). The summed E-state index contributed by atoms with van der Waals surface area (Å²) < 4.78 is 45.8. The van der Waals surface area contributed by atoms with Crippen molar-refractivity contribution in [3.63, 3.8) is 0 Å². The van der Waals surface area contributed by atoms with Crippen LogP contribution in [0.2, 0.25) is 0 Å². The van der Waals surface area contributed by atoms with Gasteiger partial charge in [-0.05, 0) is 29.2 Å². The maximum Gasteiger partial charge on any atom is 0.673 e. The van der Waals surface area contributed by atoms with Crippen molar-refractivity contribution >= 4 is 24.2 Å². The summed E-state index contributed by atoms with van der Waals surface area (Å²) in [5, 5.41) is 8.19. The number of amidine groups is 1. The zero-order valence-corrected chi connectivity index (χ0v) is 18.1. The van der Waals surface area contributed by atoms with Crippen LogP contribution in [0.1, 0.15) is 0 Å². The second-order valence-electron chi connectivity index (χ2n) is 6.86. The Morgan fingerprint density at radius 1 is 1.16 bits per heavy atom. The molecule has 0 bridgehead atoms. The maximum absolute atomic E-state index is 12.2. The van der Waals surface area contributed by atoms with E-state index in [1.807, 2.05) is 28.2 Å². The number of morpholine rings is 1. The third kappa shape index (κ3) is 10.2. The van der Waals surface area contributed by atoms with Gasteiger partial charge in [0.1, 0.15) is 5.52 Å². The van der Waals surface area contributed by atoms with Crippen LogP contribution in [0.3, 0.4) is 0 Å². The minimum Gasteiger partial charge on any atom is -0.418 e. The summed E-state index contributed by atoms with van der Waals surface area (Å²) in [5.41, 5.74) is 0.204. The van der Waals surface area contributed by atoms with E-state index in [0.717, 1.165) is 31.1 Å². The van der Waals surface area contributed by atoms with Gasteiger partial charge in [0.2, 0.25) is 0 Å². The second-order valence-corrected chi connectivity index (χ2v) is 6.86. The Kier molecular flexibility index (Phi) is 10.4. The molecule has 31 heavy (non-hydrogen) atoms. The fourth-order valence-corrected chi connectivity index (χ4v) is 2.33. The molecule has 1 aliphatic heterocycles. The fraction of sp³-hybridized carbons (Fsp3) is 0.529. The number of hydrogen-bond acceptors (Lipinski definition) is 6. The molecule has 14 heteroatoms. The molecule has 1 saturated heterocycles. The standard InChI is InChI=1S/C12H16N5O2.C5H11NO.BF4/c1-15(2)12(16(3)4)19-17-11(18)9-7-5-6-8-10(9)13-14-17;1-6-2-4-7-5-3-6;2-1(3,4)5/h5-8H,1-4H3;2-5H2,1H3;/q+1;;-1. The Labute approximate surface area is 177 Å². The van der Waals surface area contributed by atoms with Crippen molar-refractivity contribution < 1.29 is 31.4 Å². The number of halogens is 4. The van der Waals surface area contributed by atoms with Crippen molar-refractivity contribution in [3.05, 3.63) is 34.6 Å². The molecule has 174 valence electrons. The summed E-state index contributed by atoms with van der Waals surface area (Å²) in [5.74, 6) is 0. The molecule has 0 amide bonds. The molecule has 1 aromatic carbocycles. The van der Waals surface area contributed by atoms with Gasteiger partial charge in [-0.2, -0.15) is 0 Å². The van der Waals surface area contributed by atoms with Crippen LogP contribution in [0.15, 0.2) is 29.1 Å². The third-order valence-corrected chi connectivity index (χ3v) is 3.71. The molecular formula is C17H27BF4N6O3. The largest absolute Gasteiger partial charge is 0.673 e. The first kappa shape index (κ1) is 26.3. The molecule has 9 nitrogen and oxygen atoms in total. The second kappa shape index (κ2) is 12.2. The van der Waals surface area contributed by atoms with Gasteiger partial charge in [-0.3, -0.25) is 9.63 Å². The lowest BCUT2D eigenvalue weighted by molar-refractivity contribution is -0.480. The SMILES string of the molecule is CN(C)C(On1nnc2ccccc2c1=O)=[N+](C)C.CN1CCOCC1.F[B-](F)(F)F. The van der Waals surface area contributed by atoms with Crippen molar-refractivity contribution in [3.8, 4) is 0 Å². The zero-order chi connectivity index (χ0) is 23.6. The van der Waals surface area contributed by atoms with Crippen LogP contribution in [0.25, 0.3) is 10.9 Å². The smallest absolute Gasteiger partial charge is 0.418 e. The molecule has 0 N–H and O–H groups in total. The molecule has 2 heterocycles. The van der Waals surface area contributed by atoms with E-state index < -0.39 is 7.25 Å². The fourth-order valence-electron chi connectivity index (χ4n) is 2.33. The number of hydrogen-bond donors (Lipinski definition) is 0. The van der Waals surface area contributed by atoms with Gasteiger partial charge in [-0.25, -0.2) is 9.48 Å². The number of fused-ring (bicyclic) bond motifs is 1. The Morgan fingerprint density at radius 2 is 1.71 bits per heavy atom. The molecule has 0 radical (unpaired) electrons. The van der Waals surface area contributed by atoms with Crippen LogP contribution >= 0.6 is 0 Å². The normalized spacial score (nSPS) is 14.0. The number of nitrogens with zero attached hydrogens (tertiary/aromatic N) is 6. The van der Waals surface area contributed by atoms with Gasteiger partial charge < -0.3 is 26.9 Å². The van der Waals surface area contributed by atoms with Gasteiger partial charge in [0.25, 0.3) is 0 Å². The summed E-state index contributed by atoms with van der Waals surface area (Å²) >= 11 is 0. The van der Waals surface area contributed by atoms with Crippen LogP contribution in [-0.4, -0.2) is 104 Å². The molecule has 0 aliphatic carbocycles. The average molecular weight is 450 g/mol. The number of benzene rings is 1. The highest BCUT2D eigenvalue weighted by atomic mass is 19.5. The highest BCUT2D eigenvalue weighted by Gasteiger charge is 2.20. The van der Waals surface area contributed by atoms with Gasteiger partial charge >= 0.3 is 18.8 Å². The first-order chi connectivity index (χ1) is 14.4. The van der Waals surface area contributed by atoms with Gasteiger partial charge in [0.05, 0.1) is 46.8 Å². The minimum atomic E-state index is -6.00. The van der Waals surface area contributed by atoms with E-state index in [1.54, 1.807) is 33.7 Å². The molecule has 1 fully saturated rings. The van der Waals surface area contributed by atoms with Gasteiger partial charge in [-0.15, -0.1) is 5.10 Å². The molecule has 1 aliphatic rings. The Bertz CT molecular complexity index is 907. The molecule has 1 aromatic heterocycles. The summed E-state index contributed by atoms with van der Waals surface area (Å²) in [4.78, 5) is 22.6. The summed E-state index contributed by atoms with van der Waals surface area (Å²) in [6.07, 6.45) is 0. The van der Waals surface area contributed by atoms with Crippen LogP contribution in [-0.2, 0) is 4.74 Å². The predicted molar refractivity (Wildman–Crippen MR) is 110 cm³/mol. The van der Waals surface area contributed by atoms with Crippen molar-refractivity contribution in [1.29, 1.82) is 0 Å². The Balaban J connectivity index is 0.000000327. The first-order valence-electron chi connectivity index (χ1n) is 9.28. The van der Waals surface area contributed by atoms with Gasteiger partial charge in [0.15, 0.2) is 0 Å². The predicted octanol–water partition coefficient (Wildman–Crippen LogP) is 0.658. The maximum atomic E-state index is 12.2. The summed E-state index contributed by atoms with van der Waals surface area (Å²) in [6, 6.07) is 7.48. The molecule has 2 aromatic rings. The number of rotatable bonds is 1. The van der Waals surface area contributed by atoms with E-state index in [4.69, 9.17) is 9.57 Å². The molecular weight excluding hydrogens is 423 g/mol. The Hall–Kier alpha value is -2.74. The monoisotopic (exact) mass is 450 g/mol. The topological polar surface area (TPSA) is 75.7 Å². The van der Waals surface area contributed by atoms with Crippen molar-refractivity contribution in [2.45, 2.75) is 0 Å².